The van der Waals surface area contributed by atoms with Crippen LogP contribution in [0.15, 0.2) is 28.7 Å². The van der Waals surface area contributed by atoms with E-state index < -0.39 is 5.97 Å². The summed E-state index contributed by atoms with van der Waals surface area (Å²) in [4.78, 5) is 28.0. The molecule has 0 saturated heterocycles. The van der Waals surface area contributed by atoms with Crippen LogP contribution in [0.1, 0.15) is 20.9 Å². The third-order valence-electron chi connectivity index (χ3n) is 2.69. The topological polar surface area (TPSA) is 68.3 Å². The molecule has 1 N–H and O–H groups in total. The first-order chi connectivity index (χ1) is 9.99. The first-order valence-electron chi connectivity index (χ1n) is 6.09. The number of esters is 1. The summed E-state index contributed by atoms with van der Waals surface area (Å²) in [5.41, 5.74) is 1.45. The molecule has 2 rings (SSSR count). The molecule has 1 aromatic heterocycles. The second-order valence-electron chi connectivity index (χ2n) is 4.28. The Hall–Kier alpha value is -1.73. The zero-order valence-corrected chi connectivity index (χ0v) is 13.9. The minimum atomic E-state index is -0.446. The van der Waals surface area contributed by atoms with Gasteiger partial charge in [-0.05, 0) is 24.6 Å². The molecular weight excluding hydrogens is 356 g/mol. The number of amides is 1. The molecule has 0 radical (unpaired) electrons. The SMILES string of the molecule is COC(=O)c1sc(NC(=O)Cc2ccc(Br)cc2)nc1C. The van der Waals surface area contributed by atoms with Gasteiger partial charge in [0.1, 0.15) is 4.88 Å². The van der Waals surface area contributed by atoms with Gasteiger partial charge in [0, 0.05) is 4.47 Å². The standard InChI is InChI=1S/C14H13BrN2O3S/c1-8-12(13(19)20-2)21-14(16-8)17-11(18)7-9-3-5-10(15)6-4-9/h3-6H,7H2,1-2H3,(H,16,17,18). The summed E-state index contributed by atoms with van der Waals surface area (Å²) in [5.74, 6) is -0.624. The molecule has 0 aliphatic carbocycles. The number of halogens is 1. The number of ether oxygens (including phenoxy) is 1. The van der Waals surface area contributed by atoms with Gasteiger partial charge < -0.3 is 10.1 Å². The van der Waals surface area contributed by atoms with E-state index in [1.807, 2.05) is 24.3 Å². The predicted molar refractivity (Wildman–Crippen MR) is 84.7 cm³/mol. The van der Waals surface area contributed by atoms with Crippen LogP contribution in [0, 0.1) is 6.92 Å². The highest BCUT2D eigenvalue weighted by Crippen LogP contribution is 2.23. The van der Waals surface area contributed by atoms with Gasteiger partial charge >= 0.3 is 5.97 Å². The molecular formula is C14H13BrN2O3S. The highest BCUT2D eigenvalue weighted by atomic mass is 79.9. The number of carbonyl (C=O) groups excluding carboxylic acids is 2. The van der Waals surface area contributed by atoms with Crippen LogP contribution >= 0.6 is 27.3 Å². The van der Waals surface area contributed by atoms with Crippen molar-refractivity contribution < 1.29 is 14.3 Å². The molecule has 0 unspecified atom stereocenters. The van der Waals surface area contributed by atoms with Gasteiger partial charge in [-0.3, -0.25) is 4.79 Å². The fourth-order valence-electron chi connectivity index (χ4n) is 1.68. The monoisotopic (exact) mass is 368 g/mol. The number of hydrogen-bond donors (Lipinski definition) is 1. The van der Waals surface area contributed by atoms with Gasteiger partial charge in [-0.1, -0.05) is 39.4 Å². The Morgan fingerprint density at radius 3 is 2.62 bits per heavy atom. The van der Waals surface area contributed by atoms with Crippen molar-refractivity contribution in [2.45, 2.75) is 13.3 Å². The first kappa shape index (κ1) is 15.7. The fraction of sp³-hybridized carbons (Fsp3) is 0.214. The molecule has 21 heavy (non-hydrogen) atoms. The Bertz CT molecular complexity index is 667. The number of anilines is 1. The number of benzene rings is 1. The lowest BCUT2D eigenvalue weighted by Gasteiger charge is -2.02. The number of nitrogens with one attached hydrogen (secondary N) is 1. The quantitative estimate of drug-likeness (QED) is 0.841. The molecule has 0 saturated carbocycles. The van der Waals surface area contributed by atoms with E-state index in [4.69, 9.17) is 0 Å². The van der Waals surface area contributed by atoms with E-state index in [1.54, 1.807) is 6.92 Å². The summed E-state index contributed by atoms with van der Waals surface area (Å²) in [6.07, 6.45) is 0.249. The molecule has 0 aliphatic rings. The third kappa shape index (κ3) is 4.12. The van der Waals surface area contributed by atoms with Crippen LogP contribution in [-0.2, 0) is 16.0 Å². The first-order valence-corrected chi connectivity index (χ1v) is 7.70. The van der Waals surface area contributed by atoms with Crippen LogP contribution in [0.3, 0.4) is 0 Å². The van der Waals surface area contributed by atoms with Crippen molar-refractivity contribution >= 4 is 44.3 Å². The van der Waals surface area contributed by atoms with E-state index in [9.17, 15) is 9.59 Å². The molecule has 5 nitrogen and oxygen atoms in total. The van der Waals surface area contributed by atoms with E-state index in [2.05, 4.69) is 31.0 Å². The smallest absolute Gasteiger partial charge is 0.350 e. The highest BCUT2D eigenvalue weighted by Gasteiger charge is 2.16. The van der Waals surface area contributed by atoms with Gasteiger partial charge in [0.2, 0.25) is 5.91 Å². The van der Waals surface area contributed by atoms with Gasteiger partial charge in [0.05, 0.1) is 19.2 Å². The fourth-order valence-corrected chi connectivity index (χ4v) is 2.85. The van der Waals surface area contributed by atoms with Gasteiger partial charge in [-0.15, -0.1) is 0 Å². The molecule has 0 bridgehead atoms. The van der Waals surface area contributed by atoms with Gasteiger partial charge in [0.25, 0.3) is 0 Å². The number of thiazole rings is 1. The van der Waals surface area contributed by atoms with Crippen molar-refractivity contribution in [3.63, 3.8) is 0 Å². The van der Waals surface area contributed by atoms with Crippen LogP contribution in [-0.4, -0.2) is 24.0 Å². The Kier molecular flexibility index (Phi) is 5.08. The summed E-state index contributed by atoms with van der Waals surface area (Å²) >= 11 is 4.45. The predicted octanol–water partition coefficient (Wildman–Crippen LogP) is 3.18. The lowest BCUT2D eigenvalue weighted by molar-refractivity contribution is -0.115. The Balaban J connectivity index is 2.03. The summed E-state index contributed by atoms with van der Waals surface area (Å²) < 4.78 is 5.62. The maximum absolute atomic E-state index is 12.0. The Labute approximate surface area is 134 Å². The zero-order chi connectivity index (χ0) is 15.4. The van der Waals surface area contributed by atoms with Crippen LogP contribution in [0.2, 0.25) is 0 Å². The van der Waals surface area contributed by atoms with Crippen LogP contribution < -0.4 is 5.32 Å². The average Bonchev–Trinajstić information content (AvgIpc) is 2.81. The minimum absolute atomic E-state index is 0.178. The normalized spacial score (nSPS) is 10.2. The van der Waals surface area contributed by atoms with E-state index in [-0.39, 0.29) is 12.3 Å². The lowest BCUT2D eigenvalue weighted by atomic mass is 10.1. The molecule has 0 spiro atoms. The van der Waals surface area contributed by atoms with E-state index in [0.717, 1.165) is 21.4 Å². The summed E-state index contributed by atoms with van der Waals surface area (Å²) in [5, 5.41) is 3.09. The highest BCUT2D eigenvalue weighted by molar-refractivity contribution is 9.10. The maximum Gasteiger partial charge on any atom is 0.350 e. The van der Waals surface area contributed by atoms with E-state index >= 15 is 0 Å². The van der Waals surface area contributed by atoms with Gasteiger partial charge in [-0.25, -0.2) is 9.78 Å². The average molecular weight is 369 g/mol. The van der Waals surface area contributed by atoms with Gasteiger partial charge in [0.15, 0.2) is 5.13 Å². The van der Waals surface area contributed by atoms with Crippen molar-refractivity contribution in [2.24, 2.45) is 0 Å². The number of aromatic nitrogens is 1. The summed E-state index contributed by atoms with van der Waals surface area (Å²) in [6, 6.07) is 7.50. The molecule has 110 valence electrons. The van der Waals surface area contributed by atoms with E-state index in [1.165, 1.54) is 7.11 Å². The third-order valence-corrected chi connectivity index (χ3v) is 4.27. The second-order valence-corrected chi connectivity index (χ2v) is 6.19. The van der Waals surface area contributed by atoms with Gasteiger partial charge in [-0.2, -0.15) is 0 Å². The largest absolute Gasteiger partial charge is 0.465 e. The summed E-state index contributed by atoms with van der Waals surface area (Å²) in [6.45, 7) is 1.70. The van der Waals surface area contributed by atoms with Crippen molar-refractivity contribution in [1.82, 2.24) is 4.98 Å². The summed E-state index contributed by atoms with van der Waals surface area (Å²) in [7, 11) is 1.31. The van der Waals surface area contributed by atoms with Crippen molar-refractivity contribution in [1.29, 1.82) is 0 Å². The van der Waals surface area contributed by atoms with E-state index in [0.29, 0.717) is 15.7 Å². The minimum Gasteiger partial charge on any atom is -0.465 e. The zero-order valence-electron chi connectivity index (χ0n) is 11.5. The number of methoxy groups -OCH3 is 1. The van der Waals surface area contributed by atoms with Crippen molar-refractivity contribution in [3.05, 3.63) is 44.9 Å². The van der Waals surface area contributed by atoms with Crippen molar-refractivity contribution in [3.8, 4) is 0 Å². The van der Waals surface area contributed by atoms with Crippen LogP contribution in [0.5, 0.6) is 0 Å². The molecule has 2 aromatic rings. The van der Waals surface area contributed by atoms with Crippen LogP contribution in [0.4, 0.5) is 5.13 Å². The molecule has 0 fully saturated rings. The molecule has 1 aromatic carbocycles. The molecule has 1 amide bonds. The lowest BCUT2D eigenvalue weighted by Crippen LogP contribution is -2.14. The van der Waals surface area contributed by atoms with Crippen LogP contribution in [0.25, 0.3) is 0 Å². The number of nitrogens with zero attached hydrogens (tertiary/aromatic N) is 1. The Morgan fingerprint density at radius 1 is 1.33 bits per heavy atom. The number of rotatable bonds is 4. The number of aryl methyl sites for hydroxylation is 1. The molecule has 7 heteroatoms. The second kappa shape index (κ2) is 6.82. The Morgan fingerprint density at radius 2 is 2.00 bits per heavy atom. The maximum atomic E-state index is 12.0. The van der Waals surface area contributed by atoms with Crippen molar-refractivity contribution in [2.75, 3.05) is 12.4 Å². The molecule has 1 heterocycles. The number of hydrogen-bond acceptors (Lipinski definition) is 5. The molecule has 0 aliphatic heterocycles. The molecule has 0 atom stereocenters. The number of carbonyl (C=O) groups is 2.